The normalized spacial score (nSPS) is 13.3. The number of hydrogen-bond donors (Lipinski definition) is 2. The number of aliphatic hydroxyl groups excluding tert-OH is 1. The zero-order chi connectivity index (χ0) is 9.84. The lowest BCUT2D eigenvalue weighted by Gasteiger charge is -2.11. The Morgan fingerprint density at radius 3 is 2.46 bits per heavy atom. The Hall–Kier alpha value is -0.860. The highest BCUT2D eigenvalue weighted by Gasteiger charge is 2.06. The molecular weight excluding hydrogens is 162 g/mol. The third kappa shape index (κ3) is 2.54. The van der Waals surface area contributed by atoms with Crippen molar-refractivity contribution in [2.45, 2.75) is 25.9 Å². The van der Waals surface area contributed by atoms with Gasteiger partial charge in [0, 0.05) is 6.54 Å². The lowest BCUT2D eigenvalue weighted by Crippen LogP contribution is -2.11. The van der Waals surface area contributed by atoms with E-state index in [0.29, 0.717) is 5.92 Å². The zero-order valence-electron chi connectivity index (χ0n) is 8.20. The van der Waals surface area contributed by atoms with Gasteiger partial charge in [0.05, 0.1) is 6.10 Å². The van der Waals surface area contributed by atoms with Crippen molar-refractivity contribution in [1.29, 1.82) is 0 Å². The third-order valence-corrected chi connectivity index (χ3v) is 2.19. The third-order valence-electron chi connectivity index (χ3n) is 2.19. The average Bonchev–Trinajstić information content (AvgIpc) is 2.17. The number of nitrogens with two attached hydrogens (primary N) is 1. The van der Waals surface area contributed by atoms with Crippen LogP contribution in [0.4, 0.5) is 0 Å². The molecule has 1 atom stereocenters. The lowest BCUT2D eigenvalue weighted by molar-refractivity contribution is 0.186. The highest BCUT2D eigenvalue weighted by atomic mass is 16.3. The summed E-state index contributed by atoms with van der Waals surface area (Å²) in [6, 6.07) is 7.95. The quantitative estimate of drug-likeness (QED) is 0.743. The van der Waals surface area contributed by atoms with Crippen LogP contribution in [-0.2, 0) is 0 Å². The molecule has 0 aliphatic heterocycles. The summed E-state index contributed by atoms with van der Waals surface area (Å²) in [5, 5.41) is 9.51. The summed E-state index contributed by atoms with van der Waals surface area (Å²) in [7, 11) is 0. The minimum Gasteiger partial charge on any atom is -0.387 e. The highest BCUT2D eigenvalue weighted by Crippen LogP contribution is 2.19. The van der Waals surface area contributed by atoms with Gasteiger partial charge in [0.25, 0.3) is 0 Å². The molecule has 1 rings (SSSR count). The molecule has 0 aliphatic rings. The average molecular weight is 179 g/mol. The molecule has 0 heterocycles. The van der Waals surface area contributed by atoms with Gasteiger partial charge in [-0.1, -0.05) is 38.1 Å². The summed E-state index contributed by atoms with van der Waals surface area (Å²) in [6.45, 7) is 4.55. The summed E-state index contributed by atoms with van der Waals surface area (Å²) in [6.07, 6.45) is -0.529. The molecule has 0 aliphatic carbocycles. The Kier molecular flexibility index (Phi) is 3.46. The molecule has 2 nitrogen and oxygen atoms in total. The standard InChI is InChI=1S/C11H17NO/c1-8(2)9-4-3-5-10(6-9)11(13)7-12/h3-6,8,11,13H,7,12H2,1-2H3. The number of aliphatic hydroxyl groups is 1. The number of rotatable bonds is 3. The van der Waals surface area contributed by atoms with Crippen molar-refractivity contribution in [3.8, 4) is 0 Å². The van der Waals surface area contributed by atoms with Crippen LogP contribution < -0.4 is 5.73 Å². The van der Waals surface area contributed by atoms with Gasteiger partial charge in [-0.2, -0.15) is 0 Å². The van der Waals surface area contributed by atoms with E-state index in [9.17, 15) is 5.11 Å². The molecule has 0 radical (unpaired) electrons. The molecule has 0 bridgehead atoms. The van der Waals surface area contributed by atoms with Crippen LogP contribution in [0.2, 0.25) is 0 Å². The summed E-state index contributed by atoms with van der Waals surface area (Å²) >= 11 is 0. The van der Waals surface area contributed by atoms with E-state index in [1.807, 2.05) is 18.2 Å². The maximum absolute atomic E-state index is 9.51. The first kappa shape index (κ1) is 10.2. The van der Waals surface area contributed by atoms with Crippen molar-refractivity contribution in [1.82, 2.24) is 0 Å². The molecule has 0 fully saturated rings. The van der Waals surface area contributed by atoms with Crippen LogP contribution in [0.5, 0.6) is 0 Å². The Morgan fingerprint density at radius 1 is 1.31 bits per heavy atom. The van der Waals surface area contributed by atoms with Crippen molar-refractivity contribution in [2.75, 3.05) is 6.54 Å². The number of hydrogen-bond acceptors (Lipinski definition) is 2. The predicted molar refractivity (Wildman–Crippen MR) is 54.5 cm³/mol. The van der Waals surface area contributed by atoms with Gasteiger partial charge in [-0.15, -0.1) is 0 Å². The van der Waals surface area contributed by atoms with E-state index >= 15 is 0 Å². The molecule has 1 unspecified atom stereocenters. The minimum atomic E-state index is -0.529. The van der Waals surface area contributed by atoms with Gasteiger partial charge in [0.15, 0.2) is 0 Å². The Balaban J connectivity index is 2.91. The molecule has 0 amide bonds. The maximum Gasteiger partial charge on any atom is 0.0912 e. The molecule has 0 spiro atoms. The van der Waals surface area contributed by atoms with Gasteiger partial charge >= 0.3 is 0 Å². The maximum atomic E-state index is 9.51. The number of benzene rings is 1. The first-order valence-electron chi connectivity index (χ1n) is 4.63. The van der Waals surface area contributed by atoms with E-state index in [4.69, 9.17) is 5.73 Å². The highest BCUT2D eigenvalue weighted by molar-refractivity contribution is 5.27. The molecule has 13 heavy (non-hydrogen) atoms. The van der Waals surface area contributed by atoms with E-state index in [2.05, 4.69) is 19.9 Å². The van der Waals surface area contributed by atoms with Crippen LogP contribution >= 0.6 is 0 Å². The molecule has 1 aromatic rings. The Morgan fingerprint density at radius 2 is 1.92 bits per heavy atom. The second kappa shape index (κ2) is 4.40. The molecule has 0 saturated heterocycles. The van der Waals surface area contributed by atoms with Crippen molar-refractivity contribution in [3.63, 3.8) is 0 Å². The zero-order valence-corrected chi connectivity index (χ0v) is 8.20. The van der Waals surface area contributed by atoms with Crippen molar-refractivity contribution in [2.24, 2.45) is 5.73 Å². The van der Waals surface area contributed by atoms with Gasteiger partial charge in [-0.3, -0.25) is 0 Å². The van der Waals surface area contributed by atoms with Crippen molar-refractivity contribution < 1.29 is 5.11 Å². The van der Waals surface area contributed by atoms with Crippen LogP contribution in [-0.4, -0.2) is 11.7 Å². The molecule has 0 aromatic heterocycles. The second-order valence-electron chi connectivity index (χ2n) is 3.58. The van der Waals surface area contributed by atoms with Gasteiger partial charge in [-0.25, -0.2) is 0 Å². The largest absolute Gasteiger partial charge is 0.387 e. The predicted octanol–water partition coefficient (Wildman–Crippen LogP) is 1.80. The lowest BCUT2D eigenvalue weighted by atomic mass is 9.99. The SMILES string of the molecule is CC(C)c1cccc(C(O)CN)c1. The first-order valence-corrected chi connectivity index (χ1v) is 4.63. The van der Waals surface area contributed by atoms with Gasteiger partial charge in [0.1, 0.15) is 0 Å². The summed E-state index contributed by atoms with van der Waals surface area (Å²) < 4.78 is 0. The van der Waals surface area contributed by atoms with E-state index in [-0.39, 0.29) is 6.54 Å². The van der Waals surface area contributed by atoms with Gasteiger partial charge in [0.2, 0.25) is 0 Å². The van der Waals surface area contributed by atoms with E-state index in [1.165, 1.54) is 5.56 Å². The Labute approximate surface area is 79.4 Å². The molecule has 3 N–H and O–H groups in total. The minimum absolute atomic E-state index is 0.279. The van der Waals surface area contributed by atoms with Crippen molar-refractivity contribution in [3.05, 3.63) is 35.4 Å². The molecule has 1 aromatic carbocycles. The van der Waals surface area contributed by atoms with E-state index in [0.717, 1.165) is 5.56 Å². The Bertz CT molecular complexity index is 271. The smallest absolute Gasteiger partial charge is 0.0912 e. The van der Waals surface area contributed by atoms with E-state index < -0.39 is 6.10 Å². The molecule has 0 saturated carbocycles. The fraction of sp³-hybridized carbons (Fsp3) is 0.455. The summed E-state index contributed by atoms with van der Waals surface area (Å²) in [5.74, 6) is 0.491. The molecular formula is C11H17NO. The first-order chi connectivity index (χ1) is 6.15. The van der Waals surface area contributed by atoms with Crippen LogP contribution in [0.3, 0.4) is 0 Å². The van der Waals surface area contributed by atoms with Crippen LogP contribution in [0.1, 0.15) is 37.0 Å². The van der Waals surface area contributed by atoms with E-state index in [1.54, 1.807) is 0 Å². The van der Waals surface area contributed by atoms with Crippen molar-refractivity contribution >= 4 is 0 Å². The molecule has 2 heteroatoms. The van der Waals surface area contributed by atoms with Crippen LogP contribution in [0.15, 0.2) is 24.3 Å². The summed E-state index contributed by atoms with van der Waals surface area (Å²) in [5.41, 5.74) is 7.53. The second-order valence-corrected chi connectivity index (χ2v) is 3.58. The van der Waals surface area contributed by atoms with Crippen LogP contribution in [0.25, 0.3) is 0 Å². The van der Waals surface area contributed by atoms with Gasteiger partial charge in [-0.05, 0) is 17.0 Å². The molecule has 72 valence electrons. The fourth-order valence-electron chi connectivity index (χ4n) is 1.26. The van der Waals surface area contributed by atoms with Gasteiger partial charge < -0.3 is 10.8 Å². The van der Waals surface area contributed by atoms with Crippen LogP contribution in [0, 0.1) is 0 Å². The fourth-order valence-corrected chi connectivity index (χ4v) is 1.26. The topological polar surface area (TPSA) is 46.2 Å². The monoisotopic (exact) mass is 179 g/mol. The summed E-state index contributed by atoms with van der Waals surface area (Å²) in [4.78, 5) is 0.